The number of nitrogen functional groups attached to an aromatic ring is 1. The fraction of sp³-hybridized carbons (Fsp3) is 0.429. The predicted octanol–water partition coefficient (Wildman–Crippen LogP) is 4.15. The number of nitrogens with zero attached hydrogens (tertiary/aromatic N) is 3. The molecule has 0 amide bonds. The van der Waals surface area contributed by atoms with E-state index in [0.717, 1.165) is 31.4 Å². The van der Waals surface area contributed by atoms with Crippen molar-refractivity contribution < 1.29 is 26.0 Å². The van der Waals surface area contributed by atoms with Gasteiger partial charge in [-0.3, -0.25) is 0 Å². The molecule has 176 valence electrons. The van der Waals surface area contributed by atoms with Gasteiger partial charge in [-0.2, -0.15) is 13.2 Å². The van der Waals surface area contributed by atoms with Gasteiger partial charge in [0.2, 0.25) is 10.0 Å². The van der Waals surface area contributed by atoms with E-state index in [1.165, 1.54) is 6.07 Å². The number of rotatable bonds is 6. The van der Waals surface area contributed by atoms with E-state index >= 15 is 4.39 Å². The summed E-state index contributed by atoms with van der Waals surface area (Å²) < 4.78 is 84.7. The van der Waals surface area contributed by atoms with Gasteiger partial charge in [0, 0.05) is 29.7 Å². The SMILES string of the molecule is Nc1ccc(-c2nc3c(cc2F)c(CNS(=O)(=O)C2CC2)cn3C2CCC2)c(C(F)(F)F)n1. The highest BCUT2D eigenvalue weighted by Crippen LogP contribution is 2.40. The monoisotopic (exact) mass is 483 g/mol. The summed E-state index contributed by atoms with van der Waals surface area (Å²) in [5.41, 5.74) is 3.96. The Hall–Kier alpha value is -2.73. The zero-order valence-corrected chi connectivity index (χ0v) is 18.2. The lowest BCUT2D eigenvalue weighted by Gasteiger charge is -2.27. The van der Waals surface area contributed by atoms with Crippen molar-refractivity contribution in [2.45, 2.75) is 56.1 Å². The summed E-state index contributed by atoms with van der Waals surface area (Å²) in [5.74, 6) is -1.30. The van der Waals surface area contributed by atoms with Gasteiger partial charge in [0.05, 0.1) is 5.25 Å². The normalized spacial score (nSPS) is 17.5. The molecule has 0 bridgehead atoms. The number of anilines is 1. The fourth-order valence-corrected chi connectivity index (χ4v) is 5.39. The first kappa shape index (κ1) is 22.1. The number of nitrogens with two attached hydrogens (primary N) is 1. The van der Waals surface area contributed by atoms with E-state index in [1.54, 1.807) is 10.8 Å². The summed E-state index contributed by atoms with van der Waals surface area (Å²) in [6, 6.07) is 3.41. The van der Waals surface area contributed by atoms with Crippen LogP contribution < -0.4 is 10.5 Å². The van der Waals surface area contributed by atoms with E-state index in [9.17, 15) is 21.6 Å². The molecular formula is C21H21F4N5O2S. The highest BCUT2D eigenvalue weighted by Gasteiger charge is 2.38. The summed E-state index contributed by atoms with van der Waals surface area (Å²) in [6.07, 6.45) is 0.765. The maximum atomic E-state index is 15.1. The number of alkyl halides is 3. The quantitative estimate of drug-likeness (QED) is 0.513. The number of pyridine rings is 2. The second-order valence-electron chi connectivity index (χ2n) is 8.53. The van der Waals surface area contributed by atoms with Crippen LogP contribution in [0.1, 0.15) is 49.4 Å². The van der Waals surface area contributed by atoms with Gasteiger partial charge < -0.3 is 10.3 Å². The molecule has 0 saturated heterocycles. The average Bonchev–Trinajstić information content (AvgIpc) is 3.50. The van der Waals surface area contributed by atoms with Crippen molar-refractivity contribution in [3.05, 3.63) is 41.5 Å². The minimum atomic E-state index is -4.85. The zero-order valence-electron chi connectivity index (χ0n) is 17.4. The van der Waals surface area contributed by atoms with Gasteiger partial charge in [0.25, 0.3) is 0 Å². The number of hydrogen-bond acceptors (Lipinski definition) is 5. The molecule has 5 rings (SSSR count). The van der Waals surface area contributed by atoms with Crippen molar-refractivity contribution in [1.82, 2.24) is 19.3 Å². The molecule has 3 aromatic heterocycles. The van der Waals surface area contributed by atoms with E-state index in [4.69, 9.17) is 5.73 Å². The Kier molecular flexibility index (Phi) is 5.12. The van der Waals surface area contributed by atoms with Gasteiger partial charge in [-0.05, 0) is 55.9 Å². The molecule has 0 atom stereocenters. The molecule has 33 heavy (non-hydrogen) atoms. The summed E-state index contributed by atoms with van der Waals surface area (Å²) in [6.45, 7) is -0.0489. The van der Waals surface area contributed by atoms with Gasteiger partial charge in [0.1, 0.15) is 23.0 Å². The van der Waals surface area contributed by atoms with Crippen molar-refractivity contribution in [3.63, 3.8) is 0 Å². The summed E-state index contributed by atoms with van der Waals surface area (Å²) in [5, 5.41) is -0.0450. The topological polar surface area (TPSA) is 103 Å². The van der Waals surface area contributed by atoms with Crippen LogP contribution in [0.15, 0.2) is 24.4 Å². The molecule has 2 aliphatic rings. The van der Waals surface area contributed by atoms with Gasteiger partial charge in [-0.1, -0.05) is 0 Å². The third-order valence-corrected chi connectivity index (χ3v) is 8.07. The molecule has 2 saturated carbocycles. The molecule has 2 aliphatic carbocycles. The molecule has 3 heterocycles. The van der Waals surface area contributed by atoms with Crippen LogP contribution in [0.3, 0.4) is 0 Å². The predicted molar refractivity (Wildman–Crippen MR) is 114 cm³/mol. The number of halogens is 4. The first-order valence-corrected chi connectivity index (χ1v) is 12.1. The van der Waals surface area contributed by atoms with Crippen LogP contribution in [0.5, 0.6) is 0 Å². The standard InChI is InChI=1S/C21H21F4N5O2S/c22-16-8-15-11(9-27-33(31,32)13-4-5-13)10-30(12-2-1-3-12)20(15)29-18(16)14-6-7-17(26)28-19(14)21(23,24)25/h6-8,10,12-13,27H,1-5,9H2,(H2,26,28). The average molecular weight is 483 g/mol. The third kappa shape index (κ3) is 4.05. The molecule has 2 fully saturated rings. The molecule has 12 heteroatoms. The first-order chi connectivity index (χ1) is 15.5. The number of hydrogen-bond donors (Lipinski definition) is 2. The summed E-state index contributed by atoms with van der Waals surface area (Å²) >= 11 is 0. The maximum absolute atomic E-state index is 15.1. The minimum Gasteiger partial charge on any atom is -0.384 e. The molecule has 0 aliphatic heterocycles. The molecule has 0 unspecified atom stereocenters. The highest BCUT2D eigenvalue weighted by atomic mass is 32.2. The fourth-order valence-electron chi connectivity index (χ4n) is 4.04. The van der Waals surface area contributed by atoms with E-state index in [-0.39, 0.29) is 18.4 Å². The van der Waals surface area contributed by atoms with Crippen molar-refractivity contribution in [1.29, 1.82) is 0 Å². The second-order valence-corrected chi connectivity index (χ2v) is 10.6. The molecule has 3 aromatic rings. The largest absolute Gasteiger partial charge is 0.434 e. The number of aromatic nitrogens is 3. The van der Waals surface area contributed by atoms with E-state index in [0.29, 0.717) is 29.4 Å². The number of fused-ring (bicyclic) bond motifs is 1. The number of sulfonamides is 1. The summed E-state index contributed by atoms with van der Waals surface area (Å²) in [4.78, 5) is 7.67. The molecular weight excluding hydrogens is 462 g/mol. The lowest BCUT2D eigenvalue weighted by Crippen LogP contribution is -2.26. The zero-order chi connectivity index (χ0) is 23.5. The third-order valence-electron chi connectivity index (χ3n) is 6.18. The first-order valence-electron chi connectivity index (χ1n) is 10.6. The van der Waals surface area contributed by atoms with E-state index in [1.807, 2.05) is 0 Å². The highest BCUT2D eigenvalue weighted by molar-refractivity contribution is 7.90. The van der Waals surface area contributed by atoms with Crippen LogP contribution in [0.4, 0.5) is 23.4 Å². The van der Waals surface area contributed by atoms with Crippen molar-refractivity contribution in [2.75, 3.05) is 5.73 Å². The summed E-state index contributed by atoms with van der Waals surface area (Å²) in [7, 11) is -3.46. The van der Waals surface area contributed by atoms with Crippen LogP contribution in [0.25, 0.3) is 22.3 Å². The van der Waals surface area contributed by atoms with E-state index in [2.05, 4.69) is 14.7 Å². The molecule has 0 aromatic carbocycles. The number of nitrogens with one attached hydrogen (secondary N) is 1. The van der Waals surface area contributed by atoms with Crippen LogP contribution >= 0.6 is 0 Å². The van der Waals surface area contributed by atoms with Crippen LogP contribution in [0.2, 0.25) is 0 Å². The Morgan fingerprint density at radius 2 is 1.88 bits per heavy atom. The molecule has 3 N–H and O–H groups in total. The van der Waals surface area contributed by atoms with Gasteiger partial charge in [0.15, 0.2) is 5.69 Å². The molecule has 0 spiro atoms. The Labute approximate surface area is 187 Å². The van der Waals surface area contributed by atoms with E-state index < -0.39 is 44.2 Å². The molecule has 7 nitrogen and oxygen atoms in total. The Bertz CT molecular complexity index is 1340. The van der Waals surface area contributed by atoms with Crippen LogP contribution in [-0.2, 0) is 22.7 Å². The lowest BCUT2D eigenvalue weighted by atomic mass is 9.93. The van der Waals surface area contributed by atoms with Crippen LogP contribution in [0, 0.1) is 5.82 Å². The van der Waals surface area contributed by atoms with Gasteiger partial charge in [-0.15, -0.1) is 0 Å². The van der Waals surface area contributed by atoms with Crippen LogP contribution in [-0.4, -0.2) is 28.2 Å². The second kappa shape index (κ2) is 7.66. The Morgan fingerprint density at radius 3 is 2.48 bits per heavy atom. The lowest BCUT2D eigenvalue weighted by molar-refractivity contribution is -0.140. The van der Waals surface area contributed by atoms with Gasteiger partial charge >= 0.3 is 6.18 Å². The Balaban J connectivity index is 1.63. The maximum Gasteiger partial charge on any atom is 0.434 e. The van der Waals surface area contributed by atoms with Crippen molar-refractivity contribution >= 4 is 26.9 Å². The van der Waals surface area contributed by atoms with Crippen molar-refractivity contribution in [3.8, 4) is 11.3 Å². The minimum absolute atomic E-state index is 0.0489. The molecule has 0 radical (unpaired) electrons. The van der Waals surface area contributed by atoms with Gasteiger partial charge in [-0.25, -0.2) is 27.5 Å². The Morgan fingerprint density at radius 1 is 1.15 bits per heavy atom. The van der Waals surface area contributed by atoms with Crippen molar-refractivity contribution in [2.24, 2.45) is 0 Å². The smallest absolute Gasteiger partial charge is 0.384 e.